The van der Waals surface area contributed by atoms with E-state index in [9.17, 15) is 4.79 Å². The zero-order valence-electron chi connectivity index (χ0n) is 6.12. The van der Waals surface area contributed by atoms with E-state index in [2.05, 4.69) is 20.9 Å². The summed E-state index contributed by atoms with van der Waals surface area (Å²) in [6, 6.07) is 1.84. The molecule has 0 amide bonds. The fourth-order valence-electron chi connectivity index (χ4n) is 0.867. The number of hydrogen-bond acceptors (Lipinski definition) is 2. The molecule has 0 aliphatic heterocycles. The zero-order chi connectivity index (χ0) is 8.27. The molecule has 1 heterocycles. The van der Waals surface area contributed by atoms with Crippen molar-refractivity contribution < 1.29 is 4.79 Å². The van der Waals surface area contributed by atoms with E-state index in [4.69, 9.17) is 0 Å². The van der Waals surface area contributed by atoms with Crippen LogP contribution in [0.5, 0.6) is 0 Å². The molecule has 0 spiro atoms. The standard InChI is InChI=1S/C8H8BrNO/c1-6-4-10-3-2-7(6)8(9)5-11/h2-5,8H,1H3. The average Bonchev–Trinajstić information content (AvgIpc) is 2.04. The topological polar surface area (TPSA) is 30.0 Å². The Labute approximate surface area is 73.8 Å². The maximum atomic E-state index is 10.4. The average molecular weight is 214 g/mol. The lowest BCUT2D eigenvalue weighted by atomic mass is 10.1. The summed E-state index contributed by atoms with van der Waals surface area (Å²) < 4.78 is 0. The van der Waals surface area contributed by atoms with Crippen LogP contribution in [-0.2, 0) is 4.79 Å². The van der Waals surface area contributed by atoms with Gasteiger partial charge in [-0.2, -0.15) is 0 Å². The van der Waals surface area contributed by atoms with E-state index in [0.717, 1.165) is 17.4 Å². The van der Waals surface area contributed by atoms with Crippen LogP contribution in [-0.4, -0.2) is 11.3 Å². The van der Waals surface area contributed by atoms with E-state index in [-0.39, 0.29) is 4.83 Å². The van der Waals surface area contributed by atoms with Gasteiger partial charge in [0.25, 0.3) is 0 Å². The first-order valence-corrected chi connectivity index (χ1v) is 4.17. The van der Waals surface area contributed by atoms with Crippen LogP contribution in [0.4, 0.5) is 0 Å². The molecule has 1 rings (SSSR count). The number of rotatable bonds is 2. The lowest BCUT2D eigenvalue weighted by molar-refractivity contribution is -0.107. The van der Waals surface area contributed by atoms with Crippen molar-refractivity contribution in [1.29, 1.82) is 0 Å². The quantitative estimate of drug-likeness (QED) is 0.556. The molecular formula is C8H8BrNO. The third-order valence-electron chi connectivity index (χ3n) is 1.48. The minimum Gasteiger partial charge on any atom is -0.302 e. The van der Waals surface area contributed by atoms with Crippen LogP contribution in [0.3, 0.4) is 0 Å². The van der Waals surface area contributed by atoms with E-state index in [1.165, 1.54) is 0 Å². The van der Waals surface area contributed by atoms with Crippen molar-refractivity contribution in [2.24, 2.45) is 0 Å². The molecule has 1 atom stereocenters. The van der Waals surface area contributed by atoms with Crippen LogP contribution in [0.15, 0.2) is 18.5 Å². The highest BCUT2D eigenvalue weighted by molar-refractivity contribution is 9.09. The summed E-state index contributed by atoms with van der Waals surface area (Å²) in [6.07, 6.45) is 4.29. The fourth-order valence-corrected chi connectivity index (χ4v) is 1.38. The van der Waals surface area contributed by atoms with Gasteiger partial charge < -0.3 is 4.79 Å². The van der Waals surface area contributed by atoms with Crippen molar-refractivity contribution in [1.82, 2.24) is 4.98 Å². The second-order valence-corrected chi connectivity index (χ2v) is 3.26. The Morgan fingerprint density at radius 2 is 2.45 bits per heavy atom. The normalized spacial score (nSPS) is 12.5. The SMILES string of the molecule is Cc1cnccc1C(Br)C=O. The summed E-state index contributed by atoms with van der Waals surface area (Å²) in [5.74, 6) is 0. The Morgan fingerprint density at radius 3 is 3.00 bits per heavy atom. The fraction of sp³-hybridized carbons (Fsp3) is 0.250. The number of aryl methyl sites for hydroxylation is 1. The van der Waals surface area contributed by atoms with Gasteiger partial charge in [0.05, 0.1) is 4.83 Å². The van der Waals surface area contributed by atoms with Crippen LogP contribution in [0, 0.1) is 6.92 Å². The molecule has 58 valence electrons. The van der Waals surface area contributed by atoms with E-state index >= 15 is 0 Å². The van der Waals surface area contributed by atoms with Gasteiger partial charge >= 0.3 is 0 Å². The van der Waals surface area contributed by atoms with E-state index < -0.39 is 0 Å². The minimum atomic E-state index is -0.203. The summed E-state index contributed by atoms with van der Waals surface area (Å²) in [4.78, 5) is 14.1. The number of alkyl halides is 1. The van der Waals surface area contributed by atoms with Crippen LogP contribution < -0.4 is 0 Å². The summed E-state index contributed by atoms with van der Waals surface area (Å²) in [7, 11) is 0. The van der Waals surface area contributed by atoms with Crippen molar-refractivity contribution in [2.75, 3.05) is 0 Å². The largest absolute Gasteiger partial charge is 0.302 e. The summed E-state index contributed by atoms with van der Waals surface area (Å²) in [5, 5.41) is 0. The van der Waals surface area contributed by atoms with E-state index in [1.54, 1.807) is 12.4 Å². The first-order valence-electron chi connectivity index (χ1n) is 3.25. The van der Waals surface area contributed by atoms with E-state index in [1.807, 2.05) is 13.0 Å². The second-order valence-electron chi connectivity index (χ2n) is 2.27. The molecule has 0 saturated heterocycles. The van der Waals surface area contributed by atoms with Gasteiger partial charge in [-0.3, -0.25) is 4.98 Å². The Hall–Kier alpha value is -0.700. The number of nitrogens with zero attached hydrogens (tertiary/aromatic N) is 1. The van der Waals surface area contributed by atoms with Crippen LogP contribution >= 0.6 is 15.9 Å². The number of aromatic nitrogens is 1. The van der Waals surface area contributed by atoms with Gasteiger partial charge in [-0.15, -0.1) is 0 Å². The smallest absolute Gasteiger partial charge is 0.138 e. The Bertz CT molecular complexity index is 262. The van der Waals surface area contributed by atoms with Crippen molar-refractivity contribution in [2.45, 2.75) is 11.8 Å². The monoisotopic (exact) mass is 213 g/mol. The number of hydrogen-bond donors (Lipinski definition) is 0. The molecule has 1 aromatic heterocycles. The van der Waals surface area contributed by atoms with Gasteiger partial charge in [0.1, 0.15) is 6.29 Å². The molecule has 0 aliphatic rings. The van der Waals surface area contributed by atoms with E-state index in [0.29, 0.717) is 0 Å². The highest BCUT2D eigenvalue weighted by Gasteiger charge is 2.06. The maximum Gasteiger partial charge on any atom is 0.138 e. The van der Waals surface area contributed by atoms with Crippen molar-refractivity contribution in [3.8, 4) is 0 Å². The Kier molecular flexibility index (Phi) is 2.76. The van der Waals surface area contributed by atoms with Gasteiger partial charge in [0.2, 0.25) is 0 Å². The van der Waals surface area contributed by atoms with Gasteiger partial charge in [-0.1, -0.05) is 15.9 Å². The highest BCUT2D eigenvalue weighted by Crippen LogP contribution is 2.21. The van der Waals surface area contributed by atoms with Crippen LogP contribution in [0.25, 0.3) is 0 Å². The van der Waals surface area contributed by atoms with Crippen LogP contribution in [0.2, 0.25) is 0 Å². The number of carbonyl (C=O) groups is 1. The number of pyridine rings is 1. The molecule has 0 aromatic carbocycles. The van der Waals surface area contributed by atoms with Crippen molar-refractivity contribution >= 4 is 22.2 Å². The summed E-state index contributed by atoms with van der Waals surface area (Å²) in [5.41, 5.74) is 2.01. The summed E-state index contributed by atoms with van der Waals surface area (Å²) >= 11 is 3.24. The minimum absolute atomic E-state index is 0.203. The molecule has 0 radical (unpaired) electrons. The molecule has 11 heavy (non-hydrogen) atoms. The molecule has 1 aromatic rings. The van der Waals surface area contributed by atoms with Gasteiger partial charge in [-0.05, 0) is 24.1 Å². The molecule has 0 N–H and O–H groups in total. The van der Waals surface area contributed by atoms with Crippen molar-refractivity contribution in [3.63, 3.8) is 0 Å². The molecule has 0 aliphatic carbocycles. The Balaban J connectivity index is 3.02. The number of halogens is 1. The predicted molar refractivity (Wildman–Crippen MR) is 46.7 cm³/mol. The lowest BCUT2D eigenvalue weighted by Crippen LogP contribution is -1.94. The first kappa shape index (κ1) is 8.40. The van der Waals surface area contributed by atoms with Gasteiger partial charge in [-0.25, -0.2) is 0 Å². The predicted octanol–water partition coefficient (Wildman–Crippen LogP) is 2.02. The second kappa shape index (κ2) is 3.62. The molecular weight excluding hydrogens is 206 g/mol. The number of aldehydes is 1. The molecule has 0 fully saturated rings. The maximum absolute atomic E-state index is 10.4. The molecule has 2 nitrogen and oxygen atoms in total. The van der Waals surface area contributed by atoms with Gasteiger partial charge in [0.15, 0.2) is 0 Å². The molecule has 3 heteroatoms. The number of carbonyl (C=O) groups excluding carboxylic acids is 1. The third kappa shape index (κ3) is 1.87. The van der Waals surface area contributed by atoms with Crippen molar-refractivity contribution in [3.05, 3.63) is 29.6 Å². The summed E-state index contributed by atoms with van der Waals surface area (Å²) in [6.45, 7) is 1.93. The molecule has 0 saturated carbocycles. The molecule has 1 unspecified atom stereocenters. The van der Waals surface area contributed by atoms with Gasteiger partial charge in [0, 0.05) is 12.4 Å². The Morgan fingerprint density at radius 1 is 1.73 bits per heavy atom. The third-order valence-corrected chi connectivity index (χ3v) is 2.19. The lowest BCUT2D eigenvalue weighted by Gasteiger charge is -2.04. The first-order chi connectivity index (χ1) is 5.25. The van der Waals surface area contributed by atoms with Crippen LogP contribution in [0.1, 0.15) is 16.0 Å². The molecule has 0 bridgehead atoms. The highest BCUT2D eigenvalue weighted by atomic mass is 79.9. The zero-order valence-corrected chi connectivity index (χ0v) is 7.71.